The van der Waals surface area contributed by atoms with Crippen LogP contribution in [0, 0.1) is 5.82 Å². The Balaban J connectivity index is 1.49. The molecule has 1 N–H and O–H groups in total. The van der Waals surface area contributed by atoms with Crippen molar-refractivity contribution >= 4 is 11.9 Å². The second kappa shape index (κ2) is 9.45. The number of carbonyl (C=O) groups is 2. The summed E-state index contributed by atoms with van der Waals surface area (Å²) >= 11 is 0. The first-order chi connectivity index (χ1) is 15.8. The van der Waals surface area contributed by atoms with Crippen LogP contribution in [0.5, 0.6) is 5.75 Å². The van der Waals surface area contributed by atoms with E-state index in [4.69, 9.17) is 4.74 Å². The number of hydrogen-bond donors (Lipinski definition) is 1. The molecule has 1 atom stereocenters. The molecule has 1 aliphatic rings. The van der Waals surface area contributed by atoms with Crippen molar-refractivity contribution in [2.75, 3.05) is 13.1 Å². The van der Waals surface area contributed by atoms with Crippen molar-refractivity contribution in [2.24, 2.45) is 0 Å². The molecule has 0 saturated heterocycles. The van der Waals surface area contributed by atoms with Gasteiger partial charge in [-0.2, -0.15) is 0 Å². The number of benzene rings is 3. The summed E-state index contributed by atoms with van der Waals surface area (Å²) in [5.41, 5.74) is 2.27. The first-order valence-electron chi connectivity index (χ1n) is 10.9. The fraction of sp³-hybridized carbons (Fsp3) is 0.259. The number of carboxylic acid groups (broad SMARTS) is 1. The maximum atomic E-state index is 14.1. The van der Waals surface area contributed by atoms with Gasteiger partial charge in [0, 0.05) is 24.9 Å². The fourth-order valence-electron chi connectivity index (χ4n) is 4.30. The number of amides is 1. The first kappa shape index (κ1) is 22.5. The summed E-state index contributed by atoms with van der Waals surface area (Å²) in [4.78, 5) is 25.9. The van der Waals surface area contributed by atoms with Gasteiger partial charge in [-0.05, 0) is 54.3 Å². The minimum atomic E-state index is -1.06. The highest BCUT2D eigenvalue weighted by Gasteiger charge is 2.36. The number of carbonyl (C=O) groups excluding carboxylic acids is 1. The lowest BCUT2D eigenvalue weighted by atomic mass is 9.91. The van der Waals surface area contributed by atoms with Gasteiger partial charge >= 0.3 is 5.97 Å². The van der Waals surface area contributed by atoms with Crippen LogP contribution >= 0.6 is 0 Å². The monoisotopic (exact) mass is 447 g/mol. The molecule has 6 heteroatoms. The molecule has 0 unspecified atom stereocenters. The predicted molar refractivity (Wildman–Crippen MR) is 123 cm³/mol. The van der Waals surface area contributed by atoms with Crippen LogP contribution in [0.25, 0.3) is 0 Å². The molecule has 0 radical (unpaired) electrons. The Morgan fingerprint density at radius 2 is 1.79 bits per heavy atom. The van der Waals surface area contributed by atoms with Gasteiger partial charge in [-0.25, -0.2) is 4.39 Å². The molecule has 5 nitrogen and oxygen atoms in total. The standard InChI is InChI=1S/C27H26FNO4/c1-27(16-21-9-5-6-10-23(21)28)17-22-15-20(11-12-24(22)33-27)26(32)29(18-25(30)31)14-13-19-7-3-2-4-8-19/h2-12,15H,13-14,16-18H2,1H3,(H,30,31)/t27-/m0/s1. The normalized spacial score (nSPS) is 16.7. The van der Waals surface area contributed by atoms with Crippen molar-refractivity contribution in [3.05, 3.63) is 101 Å². The maximum Gasteiger partial charge on any atom is 0.323 e. The first-order valence-corrected chi connectivity index (χ1v) is 10.9. The number of rotatable bonds is 8. The van der Waals surface area contributed by atoms with E-state index in [1.807, 2.05) is 37.3 Å². The SMILES string of the molecule is C[C@]1(Cc2ccccc2F)Cc2cc(C(=O)N(CCc3ccccc3)CC(=O)O)ccc2O1. The molecule has 0 aliphatic carbocycles. The van der Waals surface area contributed by atoms with Crippen LogP contribution in [-0.2, 0) is 24.1 Å². The van der Waals surface area contributed by atoms with Crippen molar-refractivity contribution in [3.8, 4) is 5.75 Å². The van der Waals surface area contributed by atoms with E-state index in [9.17, 15) is 19.1 Å². The van der Waals surface area contributed by atoms with Crippen LogP contribution < -0.4 is 4.74 Å². The van der Waals surface area contributed by atoms with Crippen LogP contribution in [0.15, 0.2) is 72.8 Å². The number of fused-ring (bicyclic) bond motifs is 1. The molecule has 170 valence electrons. The molecule has 1 aliphatic heterocycles. The molecule has 4 rings (SSSR count). The van der Waals surface area contributed by atoms with Gasteiger partial charge in [-0.1, -0.05) is 48.5 Å². The summed E-state index contributed by atoms with van der Waals surface area (Å²) in [6.07, 6.45) is 1.50. The number of aliphatic carboxylic acids is 1. The summed E-state index contributed by atoms with van der Waals surface area (Å²) in [6, 6.07) is 21.4. The van der Waals surface area contributed by atoms with Crippen LogP contribution in [0.3, 0.4) is 0 Å². The minimum absolute atomic E-state index is 0.267. The Hall–Kier alpha value is -3.67. The summed E-state index contributed by atoms with van der Waals surface area (Å²) in [5.74, 6) is -0.992. The summed E-state index contributed by atoms with van der Waals surface area (Å²) in [6.45, 7) is 1.86. The van der Waals surface area contributed by atoms with E-state index in [1.54, 1.807) is 36.4 Å². The van der Waals surface area contributed by atoms with E-state index in [2.05, 4.69) is 0 Å². The Bertz CT molecular complexity index is 1160. The average molecular weight is 448 g/mol. The smallest absolute Gasteiger partial charge is 0.323 e. The second-order valence-corrected chi connectivity index (χ2v) is 8.68. The van der Waals surface area contributed by atoms with E-state index in [-0.39, 0.29) is 18.3 Å². The van der Waals surface area contributed by atoms with Gasteiger partial charge in [0.05, 0.1) is 0 Å². The van der Waals surface area contributed by atoms with E-state index in [0.717, 1.165) is 11.1 Å². The van der Waals surface area contributed by atoms with Gasteiger partial charge in [0.25, 0.3) is 5.91 Å². The summed E-state index contributed by atoms with van der Waals surface area (Å²) in [7, 11) is 0. The maximum absolute atomic E-state index is 14.1. The molecule has 0 saturated carbocycles. The van der Waals surface area contributed by atoms with E-state index < -0.39 is 11.6 Å². The molecule has 1 heterocycles. The lowest BCUT2D eigenvalue weighted by Crippen LogP contribution is -2.37. The van der Waals surface area contributed by atoms with Crippen LogP contribution in [0.4, 0.5) is 4.39 Å². The third kappa shape index (κ3) is 5.40. The topological polar surface area (TPSA) is 66.8 Å². The van der Waals surface area contributed by atoms with E-state index in [1.165, 1.54) is 11.0 Å². The molecule has 0 bridgehead atoms. The zero-order valence-corrected chi connectivity index (χ0v) is 18.5. The van der Waals surface area contributed by atoms with Crippen molar-refractivity contribution < 1.29 is 23.8 Å². The summed E-state index contributed by atoms with van der Waals surface area (Å²) in [5, 5.41) is 9.32. The lowest BCUT2D eigenvalue weighted by molar-refractivity contribution is -0.137. The van der Waals surface area contributed by atoms with Crippen molar-refractivity contribution in [1.29, 1.82) is 0 Å². The molecule has 3 aromatic carbocycles. The van der Waals surface area contributed by atoms with Crippen molar-refractivity contribution in [2.45, 2.75) is 31.8 Å². The third-order valence-corrected chi connectivity index (χ3v) is 5.88. The Morgan fingerprint density at radius 1 is 1.06 bits per heavy atom. The minimum Gasteiger partial charge on any atom is -0.487 e. The number of halogens is 1. The number of nitrogens with zero attached hydrogens (tertiary/aromatic N) is 1. The molecule has 33 heavy (non-hydrogen) atoms. The Morgan fingerprint density at radius 3 is 2.52 bits per heavy atom. The van der Waals surface area contributed by atoms with Gasteiger partial charge in [0.15, 0.2) is 0 Å². The molecule has 0 spiro atoms. The molecule has 0 fully saturated rings. The highest BCUT2D eigenvalue weighted by Crippen LogP contribution is 2.38. The van der Waals surface area contributed by atoms with E-state index in [0.29, 0.717) is 42.7 Å². The van der Waals surface area contributed by atoms with Crippen molar-refractivity contribution in [3.63, 3.8) is 0 Å². The molecule has 3 aromatic rings. The highest BCUT2D eigenvalue weighted by molar-refractivity contribution is 5.96. The molecule has 0 aromatic heterocycles. The summed E-state index contributed by atoms with van der Waals surface area (Å²) < 4.78 is 20.3. The second-order valence-electron chi connectivity index (χ2n) is 8.68. The van der Waals surface area contributed by atoms with Crippen molar-refractivity contribution in [1.82, 2.24) is 4.90 Å². The fourth-order valence-corrected chi connectivity index (χ4v) is 4.30. The molecular formula is C27H26FNO4. The zero-order chi connectivity index (χ0) is 23.4. The van der Waals surface area contributed by atoms with Gasteiger partial charge in [-0.3, -0.25) is 9.59 Å². The van der Waals surface area contributed by atoms with Gasteiger partial charge in [0.2, 0.25) is 0 Å². The number of ether oxygens (including phenoxy) is 1. The van der Waals surface area contributed by atoms with Crippen LogP contribution in [0.1, 0.15) is 34.0 Å². The third-order valence-electron chi connectivity index (χ3n) is 5.88. The zero-order valence-electron chi connectivity index (χ0n) is 18.5. The predicted octanol–water partition coefficient (Wildman–Crippen LogP) is 4.53. The van der Waals surface area contributed by atoms with E-state index >= 15 is 0 Å². The lowest BCUT2D eigenvalue weighted by Gasteiger charge is -2.24. The van der Waals surface area contributed by atoms with Crippen LogP contribution in [0.2, 0.25) is 0 Å². The largest absolute Gasteiger partial charge is 0.487 e. The van der Waals surface area contributed by atoms with Gasteiger partial charge in [-0.15, -0.1) is 0 Å². The van der Waals surface area contributed by atoms with Crippen LogP contribution in [-0.4, -0.2) is 40.6 Å². The quantitative estimate of drug-likeness (QED) is 0.551. The van der Waals surface area contributed by atoms with Gasteiger partial charge in [0.1, 0.15) is 23.7 Å². The average Bonchev–Trinajstić information content (AvgIpc) is 3.13. The number of hydrogen-bond acceptors (Lipinski definition) is 3. The molecule has 1 amide bonds. The Labute approximate surface area is 192 Å². The van der Waals surface area contributed by atoms with Gasteiger partial charge < -0.3 is 14.7 Å². The number of carboxylic acids is 1. The Kier molecular flexibility index (Phi) is 6.45. The molecular weight excluding hydrogens is 421 g/mol. The highest BCUT2D eigenvalue weighted by atomic mass is 19.1.